The Kier molecular flexibility index (Phi) is 6.68. The van der Waals surface area contributed by atoms with Gasteiger partial charge in [-0.15, -0.1) is 0 Å². The zero-order valence-corrected chi connectivity index (χ0v) is 18.6. The van der Waals surface area contributed by atoms with E-state index in [1.807, 2.05) is 11.0 Å². The zero-order chi connectivity index (χ0) is 21.8. The number of likely N-dealkylation sites (tertiary alicyclic amines) is 1. The van der Waals surface area contributed by atoms with Crippen molar-refractivity contribution in [2.75, 3.05) is 18.4 Å². The fraction of sp³-hybridized carbons (Fsp3) is 0.304. The van der Waals surface area contributed by atoms with Crippen LogP contribution < -0.4 is 5.32 Å². The third-order valence-corrected chi connectivity index (χ3v) is 6.07. The lowest BCUT2D eigenvalue weighted by Gasteiger charge is -2.40. The highest BCUT2D eigenvalue weighted by atomic mass is 35.5. The summed E-state index contributed by atoms with van der Waals surface area (Å²) in [6.07, 6.45) is 6.96. The van der Waals surface area contributed by atoms with Gasteiger partial charge in [0.25, 0.3) is 5.91 Å². The van der Waals surface area contributed by atoms with Gasteiger partial charge in [0.1, 0.15) is 5.82 Å². The maximum atomic E-state index is 13.7. The van der Waals surface area contributed by atoms with Gasteiger partial charge in [-0.1, -0.05) is 30.1 Å². The summed E-state index contributed by atoms with van der Waals surface area (Å²) in [5.74, 6) is 1.53. The number of nitrogens with one attached hydrogen (secondary N) is 1. The molecule has 0 aliphatic carbocycles. The van der Waals surface area contributed by atoms with E-state index in [0.717, 1.165) is 18.7 Å². The quantitative estimate of drug-likeness (QED) is 0.572. The molecule has 1 unspecified atom stereocenters. The van der Waals surface area contributed by atoms with Crippen LogP contribution in [0.1, 0.15) is 30.1 Å². The average molecular weight is 456 g/mol. The van der Waals surface area contributed by atoms with Crippen LogP contribution in [0.2, 0.25) is 10.0 Å². The van der Waals surface area contributed by atoms with Gasteiger partial charge in [0.2, 0.25) is 0 Å². The number of rotatable bonds is 5. The fourth-order valence-corrected chi connectivity index (χ4v) is 4.27. The minimum Gasteiger partial charge on any atom is -0.368 e. The standard InChI is InChI=1S/C23H23Cl2N5O/c1-15-4-2-11-30(20(15)14-29-21-8-6-17(25)13-28-21)23(31)18-7-5-16(24)12-19(18)22-26-9-3-10-27-22/h3,5-10,12-13,15,20H,2,4,11,14H2,1H3,(H,28,29)/t15?,20-/m1/s1. The van der Waals surface area contributed by atoms with Crippen molar-refractivity contribution in [3.8, 4) is 11.4 Å². The van der Waals surface area contributed by atoms with Crippen molar-refractivity contribution in [1.29, 1.82) is 0 Å². The SMILES string of the molecule is CC1CCCN(C(=O)c2ccc(Cl)cc2-c2ncccn2)[C@@H]1CNc1ccc(Cl)cn1. The molecule has 1 N–H and O–H groups in total. The molecule has 2 aromatic heterocycles. The number of hydrogen-bond donors (Lipinski definition) is 1. The van der Waals surface area contributed by atoms with Crippen LogP contribution in [0, 0.1) is 5.92 Å². The lowest BCUT2D eigenvalue weighted by molar-refractivity contribution is 0.0541. The van der Waals surface area contributed by atoms with Crippen molar-refractivity contribution >= 4 is 34.9 Å². The zero-order valence-electron chi connectivity index (χ0n) is 17.1. The number of nitrogens with zero attached hydrogens (tertiary/aromatic N) is 4. The summed E-state index contributed by atoms with van der Waals surface area (Å²) in [5, 5.41) is 4.48. The van der Waals surface area contributed by atoms with Crippen LogP contribution in [0.25, 0.3) is 11.4 Å². The first-order valence-electron chi connectivity index (χ1n) is 10.3. The molecule has 0 saturated carbocycles. The summed E-state index contributed by atoms with van der Waals surface area (Å²) >= 11 is 12.2. The molecule has 2 atom stereocenters. The van der Waals surface area contributed by atoms with Crippen molar-refractivity contribution < 1.29 is 4.79 Å². The molecular weight excluding hydrogens is 433 g/mol. The molecule has 3 aromatic rings. The summed E-state index contributed by atoms with van der Waals surface area (Å²) in [5.41, 5.74) is 1.20. The van der Waals surface area contributed by atoms with E-state index in [1.54, 1.807) is 48.9 Å². The third kappa shape index (κ3) is 4.97. The molecule has 8 heteroatoms. The molecule has 4 rings (SSSR count). The number of carbonyl (C=O) groups is 1. The molecule has 160 valence electrons. The number of hydrogen-bond acceptors (Lipinski definition) is 5. The second kappa shape index (κ2) is 9.62. The van der Waals surface area contributed by atoms with Gasteiger partial charge < -0.3 is 10.2 Å². The van der Waals surface area contributed by atoms with Crippen molar-refractivity contribution in [3.63, 3.8) is 0 Å². The van der Waals surface area contributed by atoms with Gasteiger partial charge in [-0.05, 0) is 55.2 Å². The molecule has 0 spiro atoms. The molecule has 1 aliphatic rings. The summed E-state index contributed by atoms with van der Waals surface area (Å²) in [6.45, 7) is 3.48. The summed E-state index contributed by atoms with van der Waals surface area (Å²) in [6, 6.07) is 10.7. The van der Waals surface area contributed by atoms with E-state index < -0.39 is 0 Å². The van der Waals surface area contributed by atoms with Gasteiger partial charge in [0.15, 0.2) is 5.82 Å². The maximum Gasteiger partial charge on any atom is 0.254 e. The summed E-state index contributed by atoms with van der Waals surface area (Å²) < 4.78 is 0. The first-order chi connectivity index (χ1) is 15.0. The summed E-state index contributed by atoms with van der Waals surface area (Å²) in [4.78, 5) is 28.6. The number of pyridine rings is 1. The molecule has 1 amide bonds. The lowest BCUT2D eigenvalue weighted by atomic mass is 9.89. The topological polar surface area (TPSA) is 71.0 Å². The highest BCUT2D eigenvalue weighted by molar-refractivity contribution is 6.31. The van der Waals surface area contributed by atoms with Crippen molar-refractivity contribution in [1.82, 2.24) is 19.9 Å². The van der Waals surface area contributed by atoms with Crippen LogP contribution in [-0.2, 0) is 0 Å². The molecule has 31 heavy (non-hydrogen) atoms. The average Bonchev–Trinajstić information content (AvgIpc) is 2.79. The highest BCUT2D eigenvalue weighted by Gasteiger charge is 2.33. The van der Waals surface area contributed by atoms with E-state index in [4.69, 9.17) is 23.2 Å². The Bertz CT molecular complexity index is 1050. The number of amides is 1. The van der Waals surface area contributed by atoms with Crippen LogP contribution in [-0.4, -0.2) is 44.9 Å². The Balaban J connectivity index is 1.61. The van der Waals surface area contributed by atoms with Gasteiger partial charge in [-0.25, -0.2) is 15.0 Å². The van der Waals surface area contributed by atoms with E-state index >= 15 is 0 Å². The molecule has 0 bridgehead atoms. The van der Waals surface area contributed by atoms with Crippen molar-refractivity contribution in [2.24, 2.45) is 5.92 Å². The second-order valence-electron chi connectivity index (χ2n) is 7.69. The molecule has 1 saturated heterocycles. The number of carbonyl (C=O) groups excluding carboxylic acids is 1. The minimum absolute atomic E-state index is 0.0268. The Morgan fingerprint density at radius 1 is 1.13 bits per heavy atom. The number of aromatic nitrogens is 3. The van der Waals surface area contributed by atoms with E-state index in [-0.39, 0.29) is 11.9 Å². The Labute approximate surface area is 191 Å². The largest absolute Gasteiger partial charge is 0.368 e. The molecular formula is C23H23Cl2N5O. The van der Waals surface area contributed by atoms with Crippen LogP contribution in [0.4, 0.5) is 5.82 Å². The normalized spacial score (nSPS) is 18.6. The predicted molar refractivity (Wildman–Crippen MR) is 123 cm³/mol. The van der Waals surface area contributed by atoms with Gasteiger partial charge in [-0.3, -0.25) is 4.79 Å². The molecule has 1 aliphatic heterocycles. The van der Waals surface area contributed by atoms with E-state index in [2.05, 4.69) is 27.2 Å². The number of halogens is 2. The van der Waals surface area contributed by atoms with Gasteiger partial charge >= 0.3 is 0 Å². The van der Waals surface area contributed by atoms with Crippen LogP contribution in [0.3, 0.4) is 0 Å². The fourth-order valence-electron chi connectivity index (χ4n) is 3.98. The Morgan fingerprint density at radius 3 is 2.65 bits per heavy atom. The Hall–Kier alpha value is -2.70. The monoisotopic (exact) mass is 455 g/mol. The first-order valence-corrected chi connectivity index (χ1v) is 11.0. The first kappa shape index (κ1) is 21.5. The third-order valence-electron chi connectivity index (χ3n) is 5.61. The van der Waals surface area contributed by atoms with Gasteiger partial charge in [-0.2, -0.15) is 0 Å². The highest BCUT2D eigenvalue weighted by Crippen LogP contribution is 2.30. The number of piperidine rings is 1. The van der Waals surface area contributed by atoms with Crippen LogP contribution in [0.5, 0.6) is 0 Å². The molecule has 1 fully saturated rings. The molecule has 3 heterocycles. The molecule has 6 nitrogen and oxygen atoms in total. The predicted octanol–water partition coefficient (Wildman–Crippen LogP) is 5.20. The van der Waals surface area contributed by atoms with Gasteiger partial charge in [0, 0.05) is 42.3 Å². The van der Waals surface area contributed by atoms with E-state index in [0.29, 0.717) is 46.0 Å². The van der Waals surface area contributed by atoms with Crippen molar-refractivity contribution in [3.05, 3.63) is 70.6 Å². The van der Waals surface area contributed by atoms with Gasteiger partial charge in [0.05, 0.1) is 16.6 Å². The minimum atomic E-state index is -0.0402. The summed E-state index contributed by atoms with van der Waals surface area (Å²) in [7, 11) is 0. The maximum absolute atomic E-state index is 13.7. The Morgan fingerprint density at radius 2 is 1.90 bits per heavy atom. The molecule has 0 radical (unpaired) electrons. The lowest BCUT2D eigenvalue weighted by Crippen LogP contribution is -2.51. The second-order valence-corrected chi connectivity index (χ2v) is 8.56. The number of anilines is 1. The molecule has 1 aromatic carbocycles. The van der Waals surface area contributed by atoms with E-state index in [1.165, 1.54) is 0 Å². The smallest absolute Gasteiger partial charge is 0.254 e. The van der Waals surface area contributed by atoms with Crippen LogP contribution >= 0.6 is 23.2 Å². The van der Waals surface area contributed by atoms with E-state index in [9.17, 15) is 4.79 Å². The van der Waals surface area contributed by atoms with Crippen LogP contribution in [0.15, 0.2) is 55.0 Å². The van der Waals surface area contributed by atoms with Crippen molar-refractivity contribution in [2.45, 2.75) is 25.8 Å². The number of benzene rings is 1.